The van der Waals surface area contributed by atoms with E-state index >= 15 is 0 Å². The molecule has 1 atom stereocenters. The number of fused-ring (bicyclic) bond motifs is 5. The van der Waals surface area contributed by atoms with Crippen molar-refractivity contribution in [3.8, 4) is 0 Å². The molecule has 118 valence electrons. The molecule has 0 amide bonds. The minimum absolute atomic E-state index is 0.103. The predicted molar refractivity (Wildman–Crippen MR) is 89.8 cm³/mol. The number of benzene rings is 1. The molecular formula is C19H19ClN2O. The Bertz CT molecular complexity index is 785. The van der Waals surface area contributed by atoms with E-state index in [1.54, 1.807) is 0 Å². The number of hydrogen-bond acceptors (Lipinski definition) is 3. The van der Waals surface area contributed by atoms with E-state index < -0.39 is 0 Å². The maximum absolute atomic E-state index is 6.60. The molecule has 1 aromatic carbocycles. The number of epoxide rings is 1. The van der Waals surface area contributed by atoms with Crippen LogP contribution in [0.2, 0.25) is 5.02 Å². The maximum Gasteiger partial charge on any atom is 0.165 e. The van der Waals surface area contributed by atoms with Gasteiger partial charge < -0.3 is 10.1 Å². The van der Waals surface area contributed by atoms with Crippen molar-refractivity contribution in [1.29, 1.82) is 0 Å². The summed E-state index contributed by atoms with van der Waals surface area (Å²) in [5.74, 6) is 0. The van der Waals surface area contributed by atoms with Crippen molar-refractivity contribution < 1.29 is 4.74 Å². The Labute approximate surface area is 141 Å². The fraction of sp³-hybridized carbons (Fsp3) is 0.421. The third kappa shape index (κ3) is 1.81. The van der Waals surface area contributed by atoms with Gasteiger partial charge in [-0.25, -0.2) is 0 Å². The van der Waals surface area contributed by atoms with E-state index in [1.165, 1.54) is 16.7 Å². The van der Waals surface area contributed by atoms with E-state index in [2.05, 4.69) is 23.5 Å². The van der Waals surface area contributed by atoms with Crippen LogP contribution in [0.15, 0.2) is 36.5 Å². The molecule has 5 rings (SSSR count). The number of halogens is 1. The van der Waals surface area contributed by atoms with E-state index in [0.29, 0.717) is 0 Å². The van der Waals surface area contributed by atoms with E-state index in [0.717, 1.165) is 49.5 Å². The Morgan fingerprint density at radius 1 is 1.09 bits per heavy atom. The summed E-state index contributed by atoms with van der Waals surface area (Å²) in [5, 5.41) is 4.26. The van der Waals surface area contributed by atoms with Gasteiger partial charge in [0.05, 0.1) is 5.69 Å². The predicted octanol–water partition coefficient (Wildman–Crippen LogP) is 3.23. The first kappa shape index (κ1) is 14.0. The Balaban J connectivity index is 1.76. The Morgan fingerprint density at radius 2 is 1.91 bits per heavy atom. The molecule has 1 aromatic heterocycles. The van der Waals surface area contributed by atoms with Gasteiger partial charge in [0.25, 0.3) is 0 Å². The van der Waals surface area contributed by atoms with Gasteiger partial charge in [-0.05, 0) is 73.7 Å². The van der Waals surface area contributed by atoms with Crippen LogP contribution in [0.25, 0.3) is 0 Å². The van der Waals surface area contributed by atoms with Gasteiger partial charge in [0, 0.05) is 11.2 Å². The first-order valence-corrected chi connectivity index (χ1v) is 8.77. The molecule has 1 N–H and O–H groups in total. The van der Waals surface area contributed by atoms with Crippen LogP contribution in [0.4, 0.5) is 0 Å². The monoisotopic (exact) mass is 326 g/mol. The third-order valence-corrected chi connectivity index (χ3v) is 5.93. The fourth-order valence-corrected chi connectivity index (χ4v) is 4.78. The summed E-state index contributed by atoms with van der Waals surface area (Å²) >= 11 is 6.27. The maximum atomic E-state index is 6.60. The molecule has 0 radical (unpaired) electrons. The second-order valence-corrected chi connectivity index (χ2v) is 7.28. The van der Waals surface area contributed by atoms with Gasteiger partial charge in [-0.3, -0.25) is 4.98 Å². The summed E-state index contributed by atoms with van der Waals surface area (Å²) in [5.41, 5.74) is 4.56. The fourth-order valence-electron chi connectivity index (χ4n) is 4.58. The molecule has 2 fully saturated rings. The highest BCUT2D eigenvalue weighted by molar-refractivity contribution is 6.30. The van der Waals surface area contributed by atoms with Gasteiger partial charge >= 0.3 is 0 Å². The molecule has 0 bridgehead atoms. The van der Waals surface area contributed by atoms with Crippen LogP contribution in [-0.4, -0.2) is 23.7 Å². The molecule has 3 heterocycles. The molecule has 0 saturated carbocycles. The molecule has 3 nitrogen and oxygen atoms in total. The van der Waals surface area contributed by atoms with E-state index in [1.807, 2.05) is 18.3 Å². The van der Waals surface area contributed by atoms with Crippen LogP contribution >= 0.6 is 11.6 Å². The zero-order valence-electron chi connectivity index (χ0n) is 12.9. The van der Waals surface area contributed by atoms with Crippen LogP contribution in [0.3, 0.4) is 0 Å². The second kappa shape index (κ2) is 4.79. The SMILES string of the molecule is Clc1ccc2c(c1)CCc1cccnc1C21OC12CCNCC2. The van der Waals surface area contributed by atoms with Gasteiger partial charge in [0.15, 0.2) is 5.60 Å². The van der Waals surface area contributed by atoms with Gasteiger partial charge in [-0.15, -0.1) is 0 Å². The molecule has 1 unspecified atom stereocenters. The number of hydrogen-bond donors (Lipinski definition) is 1. The van der Waals surface area contributed by atoms with Crippen LogP contribution in [-0.2, 0) is 23.2 Å². The standard InChI is InChI=1S/C19H19ClN2O/c20-15-5-6-16-14(12-15)4-3-13-2-1-9-22-17(13)19(16)18(23-19)7-10-21-11-8-18/h1-2,5-6,9,12,21H,3-4,7-8,10-11H2. The van der Waals surface area contributed by atoms with Crippen molar-refractivity contribution >= 4 is 11.6 Å². The molecule has 1 aliphatic carbocycles. The van der Waals surface area contributed by atoms with E-state index in [4.69, 9.17) is 21.3 Å². The Hall–Kier alpha value is -1.42. The van der Waals surface area contributed by atoms with Crippen LogP contribution in [0, 0.1) is 0 Å². The molecular weight excluding hydrogens is 308 g/mol. The minimum Gasteiger partial charge on any atom is -0.350 e. The lowest BCUT2D eigenvalue weighted by molar-refractivity contribution is 0.235. The number of piperidine rings is 1. The Kier molecular flexibility index (Phi) is 2.91. The molecule has 2 aliphatic heterocycles. The zero-order valence-corrected chi connectivity index (χ0v) is 13.7. The van der Waals surface area contributed by atoms with Crippen LogP contribution < -0.4 is 5.32 Å². The Morgan fingerprint density at radius 3 is 2.78 bits per heavy atom. The van der Waals surface area contributed by atoms with Gasteiger partial charge in [0.2, 0.25) is 0 Å². The van der Waals surface area contributed by atoms with E-state index in [-0.39, 0.29) is 11.2 Å². The third-order valence-electron chi connectivity index (χ3n) is 5.69. The van der Waals surface area contributed by atoms with E-state index in [9.17, 15) is 0 Å². The minimum atomic E-state index is -0.373. The smallest absolute Gasteiger partial charge is 0.165 e. The lowest BCUT2D eigenvalue weighted by Crippen LogP contribution is -2.38. The first-order valence-electron chi connectivity index (χ1n) is 8.39. The van der Waals surface area contributed by atoms with Crippen molar-refractivity contribution in [2.45, 2.75) is 36.9 Å². The van der Waals surface area contributed by atoms with Gasteiger partial charge in [-0.2, -0.15) is 0 Å². The highest BCUT2D eigenvalue weighted by atomic mass is 35.5. The summed E-state index contributed by atoms with van der Waals surface area (Å²) in [4.78, 5) is 4.79. The highest BCUT2D eigenvalue weighted by Gasteiger charge is 2.73. The molecule has 2 spiro atoms. The summed E-state index contributed by atoms with van der Waals surface area (Å²) < 4.78 is 6.60. The molecule has 4 heteroatoms. The van der Waals surface area contributed by atoms with Gasteiger partial charge in [-0.1, -0.05) is 23.7 Å². The zero-order chi connectivity index (χ0) is 15.5. The van der Waals surface area contributed by atoms with Crippen LogP contribution in [0.1, 0.15) is 35.2 Å². The lowest BCUT2D eigenvalue weighted by Gasteiger charge is -2.25. The number of rotatable bonds is 0. The van der Waals surface area contributed by atoms with Crippen molar-refractivity contribution in [3.05, 3.63) is 63.9 Å². The summed E-state index contributed by atoms with van der Waals surface area (Å²) in [6, 6.07) is 10.5. The van der Waals surface area contributed by atoms with Crippen molar-refractivity contribution in [2.75, 3.05) is 13.1 Å². The second-order valence-electron chi connectivity index (χ2n) is 6.84. The summed E-state index contributed by atoms with van der Waals surface area (Å²) in [6.07, 6.45) is 5.96. The summed E-state index contributed by atoms with van der Waals surface area (Å²) in [6.45, 7) is 2.01. The number of nitrogens with one attached hydrogen (secondary N) is 1. The van der Waals surface area contributed by atoms with Gasteiger partial charge in [0.1, 0.15) is 5.60 Å². The molecule has 2 aromatic rings. The number of aryl methyl sites for hydroxylation is 2. The molecule has 3 aliphatic rings. The molecule has 2 saturated heterocycles. The van der Waals surface area contributed by atoms with Crippen LogP contribution in [0.5, 0.6) is 0 Å². The summed E-state index contributed by atoms with van der Waals surface area (Å²) in [7, 11) is 0. The topological polar surface area (TPSA) is 37.5 Å². The number of pyridine rings is 1. The number of ether oxygens (including phenoxy) is 1. The van der Waals surface area contributed by atoms with Crippen molar-refractivity contribution in [2.24, 2.45) is 0 Å². The average Bonchev–Trinajstić information content (AvgIpc) is 3.24. The number of nitrogens with zero attached hydrogens (tertiary/aromatic N) is 1. The average molecular weight is 327 g/mol. The highest BCUT2D eigenvalue weighted by Crippen LogP contribution is 2.65. The number of aromatic nitrogens is 1. The largest absolute Gasteiger partial charge is 0.350 e. The molecule has 23 heavy (non-hydrogen) atoms. The lowest BCUT2D eigenvalue weighted by atomic mass is 9.77. The van der Waals surface area contributed by atoms with Crippen molar-refractivity contribution in [3.63, 3.8) is 0 Å². The normalized spacial score (nSPS) is 27.3. The quantitative estimate of drug-likeness (QED) is 0.755. The van der Waals surface area contributed by atoms with Crippen molar-refractivity contribution in [1.82, 2.24) is 10.3 Å². The first-order chi connectivity index (χ1) is 11.3.